The summed E-state index contributed by atoms with van der Waals surface area (Å²) in [6.45, 7) is 1.95. The number of aromatic nitrogens is 1. The Morgan fingerprint density at radius 1 is 1.30 bits per heavy atom. The lowest BCUT2D eigenvalue weighted by Gasteiger charge is -2.07. The van der Waals surface area contributed by atoms with E-state index in [0.717, 1.165) is 14.9 Å². The minimum absolute atomic E-state index is 0.224. The van der Waals surface area contributed by atoms with Gasteiger partial charge in [0.15, 0.2) is 5.13 Å². The van der Waals surface area contributed by atoms with Gasteiger partial charge in [-0.3, -0.25) is 10.1 Å². The van der Waals surface area contributed by atoms with Crippen molar-refractivity contribution in [3.05, 3.63) is 69.5 Å². The fourth-order valence-electron chi connectivity index (χ4n) is 2.00. The van der Waals surface area contributed by atoms with Crippen molar-refractivity contribution in [2.24, 2.45) is 0 Å². The standard InChI is InChI=1S/C17H13BrN2O2S/c1-11-10-19-17(23-11)20-16(21)15(9-14-3-2-8-22-14)12-4-6-13(18)7-5-12/h2-10H,1H3,(H,19,20,21)/b15-9+. The molecule has 1 N–H and O–H groups in total. The predicted molar refractivity (Wildman–Crippen MR) is 96.2 cm³/mol. The second-order valence-electron chi connectivity index (χ2n) is 4.81. The highest BCUT2D eigenvalue weighted by molar-refractivity contribution is 9.10. The van der Waals surface area contributed by atoms with Gasteiger partial charge in [-0.15, -0.1) is 11.3 Å². The van der Waals surface area contributed by atoms with E-state index in [-0.39, 0.29) is 5.91 Å². The number of nitrogens with zero attached hydrogens (tertiary/aromatic N) is 1. The quantitative estimate of drug-likeness (QED) is 0.640. The van der Waals surface area contributed by atoms with Crippen molar-refractivity contribution in [1.82, 2.24) is 4.98 Å². The summed E-state index contributed by atoms with van der Waals surface area (Å²) < 4.78 is 6.29. The second-order valence-corrected chi connectivity index (χ2v) is 6.96. The first-order valence-electron chi connectivity index (χ1n) is 6.87. The molecule has 0 aliphatic heterocycles. The van der Waals surface area contributed by atoms with Gasteiger partial charge >= 0.3 is 0 Å². The Bertz CT molecular complexity index is 836. The molecule has 0 spiro atoms. The lowest BCUT2D eigenvalue weighted by molar-refractivity contribution is -0.111. The number of amides is 1. The third-order valence-electron chi connectivity index (χ3n) is 3.07. The largest absolute Gasteiger partial charge is 0.465 e. The highest BCUT2D eigenvalue weighted by Crippen LogP contribution is 2.24. The average Bonchev–Trinajstić information content (AvgIpc) is 3.17. The van der Waals surface area contributed by atoms with Crippen molar-refractivity contribution in [2.75, 3.05) is 5.32 Å². The molecule has 0 saturated heterocycles. The molecule has 6 heteroatoms. The number of carbonyl (C=O) groups excluding carboxylic acids is 1. The summed E-state index contributed by atoms with van der Waals surface area (Å²) in [6.07, 6.45) is 5.03. The van der Waals surface area contributed by atoms with Crippen LogP contribution >= 0.6 is 27.3 Å². The average molecular weight is 389 g/mol. The van der Waals surface area contributed by atoms with Gasteiger partial charge < -0.3 is 4.42 Å². The predicted octanol–water partition coefficient (Wildman–Crippen LogP) is 4.99. The first-order valence-corrected chi connectivity index (χ1v) is 8.48. The van der Waals surface area contributed by atoms with Gasteiger partial charge in [-0.1, -0.05) is 28.1 Å². The lowest BCUT2D eigenvalue weighted by Crippen LogP contribution is -2.13. The number of aryl methyl sites for hydroxylation is 1. The molecule has 3 aromatic rings. The molecular formula is C17H13BrN2O2S. The second kappa shape index (κ2) is 6.93. The van der Waals surface area contributed by atoms with Gasteiger partial charge in [-0.25, -0.2) is 4.98 Å². The molecule has 0 fully saturated rings. The molecule has 0 aliphatic carbocycles. The molecule has 0 bridgehead atoms. The third kappa shape index (κ3) is 3.97. The molecule has 116 valence electrons. The van der Waals surface area contributed by atoms with Crippen molar-refractivity contribution < 1.29 is 9.21 Å². The molecule has 23 heavy (non-hydrogen) atoms. The smallest absolute Gasteiger partial charge is 0.258 e. The highest BCUT2D eigenvalue weighted by atomic mass is 79.9. The summed E-state index contributed by atoms with van der Waals surface area (Å²) in [6, 6.07) is 11.1. The summed E-state index contributed by atoms with van der Waals surface area (Å²) in [5.41, 5.74) is 1.32. The van der Waals surface area contributed by atoms with E-state index in [0.29, 0.717) is 16.5 Å². The molecule has 0 radical (unpaired) electrons. The monoisotopic (exact) mass is 388 g/mol. The van der Waals surface area contributed by atoms with E-state index in [4.69, 9.17) is 4.42 Å². The summed E-state index contributed by atoms with van der Waals surface area (Å²) in [5, 5.41) is 3.41. The molecule has 2 heterocycles. The number of anilines is 1. The van der Waals surface area contributed by atoms with Crippen LogP contribution in [0.5, 0.6) is 0 Å². The Kier molecular flexibility index (Phi) is 4.73. The number of furan rings is 1. The van der Waals surface area contributed by atoms with Crippen molar-refractivity contribution in [3.63, 3.8) is 0 Å². The number of halogens is 1. The normalized spacial score (nSPS) is 11.5. The van der Waals surface area contributed by atoms with Crippen molar-refractivity contribution in [1.29, 1.82) is 0 Å². The topological polar surface area (TPSA) is 55.1 Å². The van der Waals surface area contributed by atoms with E-state index in [2.05, 4.69) is 26.2 Å². The maximum atomic E-state index is 12.7. The third-order valence-corrected chi connectivity index (χ3v) is 4.43. The maximum Gasteiger partial charge on any atom is 0.258 e. The summed E-state index contributed by atoms with van der Waals surface area (Å²) in [7, 11) is 0. The van der Waals surface area contributed by atoms with Gasteiger partial charge in [0, 0.05) is 15.5 Å². The molecule has 1 aromatic carbocycles. The Morgan fingerprint density at radius 2 is 2.09 bits per heavy atom. The molecule has 0 aliphatic rings. The summed E-state index contributed by atoms with van der Waals surface area (Å²) >= 11 is 4.84. The number of hydrogen-bond acceptors (Lipinski definition) is 4. The zero-order valence-electron chi connectivity index (χ0n) is 12.2. The van der Waals surface area contributed by atoms with Crippen LogP contribution in [0.25, 0.3) is 11.6 Å². The van der Waals surface area contributed by atoms with E-state index < -0.39 is 0 Å². The van der Waals surface area contributed by atoms with Gasteiger partial charge in [0.05, 0.1) is 11.8 Å². The van der Waals surface area contributed by atoms with Gasteiger partial charge in [0.25, 0.3) is 5.91 Å². The molecule has 0 saturated carbocycles. The van der Waals surface area contributed by atoms with E-state index in [1.54, 1.807) is 30.7 Å². The van der Waals surface area contributed by atoms with Crippen LogP contribution in [0.4, 0.5) is 5.13 Å². The molecule has 0 unspecified atom stereocenters. The SMILES string of the molecule is Cc1cnc(NC(=O)/C(=C/c2ccco2)c2ccc(Br)cc2)s1. The fourth-order valence-corrected chi connectivity index (χ4v) is 2.93. The zero-order valence-corrected chi connectivity index (χ0v) is 14.6. The zero-order chi connectivity index (χ0) is 16.2. The minimum Gasteiger partial charge on any atom is -0.465 e. The number of thiazole rings is 1. The Balaban J connectivity index is 1.94. The van der Waals surface area contributed by atoms with Crippen LogP contribution in [-0.2, 0) is 4.79 Å². The van der Waals surface area contributed by atoms with Crippen molar-refractivity contribution in [2.45, 2.75) is 6.92 Å². The van der Waals surface area contributed by atoms with E-state index in [9.17, 15) is 4.79 Å². The Morgan fingerprint density at radius 3 is 2.70 bits per heavy atom. The van der Waals surface area contributed by atoms with Crippen LogP contribution in [0.15, 0.2) is 57.7 Å². The first kappa shape index (κ1) is 15.7. The molecule has 2 aromatic heterocycles. The molecule has 4 nitrogen and oxygen atoms in total. The van der Waals surface area contributed by atoms with Gasteiger partial charge in [0.2, 0.25) is 0 Å². The van der Waals surface area contributed by atoms with Crippen molar-refractivity contribution >= 4 is 50.0 Å². The number of rotatable bonds is 4. The Labute approximate surface area is 146 Å². The fraction of sp³-hybridized carbons (Fsp3) is 0.0588. The van der Waals surface area contributed by atoms with Gasteiger partial charge in [0.1, 0.15) is 5.76 Å². The molecule has 3 rings (SSSR count). The van der Waals surface area contributed by atoms with Crippen LogP contribution in [0.2, 0.25) is 0 Å². The van der Waals surface area contributed by atoms with Gasteiger partial charge in [-0.05, 0) is 42.8 Å². The van der Waals surface area contributed by atoms with Crippen LogP contribution in [0.1, 0.15) is 16.2 Å². The van der Waals surface area contributed by atoms with Crippen molar-refractivity contribution in [3.8, 4) is 0 Å². The maximum absolute atomic E-state index is 12.7. The number of carbonyl (C=O) groups is 1. The molecule has 0 atom stereocenters. The van der Waals surface area contributed by atoms with Crippen LogP contribution in [-0.4, -0.2) is 10.9 Å². The van der Waals surface area contributed by atoms with E-state index >= 15 is 0 Å². The van der Waals surface area contributed by atoms with E-state index in [1.165, 1.54) is 11.3 Å². The van der Waals surface area contributed by atoms with E-state index in [1.807, 2.05) is 31.2 Å². The number of benzene rings is 1. The van der Waals surface area contributed by atoms with Gasteiger partial charge in [-0.2, -0.15) is 0 Å². The molecular weight excluding hydrogens is 376 g/mol. The van der Waals surface area contributed by atoms with Crippen LogP contribution in [0.3, 0.4) is 0 Å². The van der Waals surface area contributed by atoms with Crippen LogP contribution < -0.4 is 5.32 Å². The Hall–Kier alpha value is -2.18. The number of hydrogen-bond donors (Lipinski definition) is 1. The molecule has 1 amide bonds. The highest BCUT2D eigenvalue weighted by Gasteiger charge is 2.14. The lowest BCUT2D eigenvalue weighted by atomic mass is 10.0. The minimum atomic E-state index is -0.224. The summed E-state index contributed by atoms with van der Waals surface area (Å²) in [5.74, 6) is 0.395. The summed E-state index contributed by atoms with van der Waals surface area (Å²) in [4.78, 5) is 17.9. The first-order chi connectivity index (χ1) is 11.1. The number of nitrogens with one attached hydrogen (secondary N) is 1. The van der Waals surface area contributed by atoms with Crippen LogP contribution in [0, 0.1) is 6.92 Å².